The van der Waals surface area contributed by atoms with Gasteiger partial charge in [0.25, 0.3) is 0 Å². The molecule has 2 rings (SSSR count). The van der Waals surface area contributed by atoms with Crippen LogP contribution < -0.4 is 5.32 Å². The zero-order chi connectivity index (χ0) is 12.1. The van der Waals surface area contributed by atoms with Crippen molar-refractivity contribution in [2.45, 2.75) is 32.2 Å². The van der Waals surface area contributed by atoms with Crippen molar-refractivity contribution in [2.75, 3.05) is 26.4 Å². The van der Waals surface area contributed by atoms with E-state index in [9.17, 15) is 4.79 Å². The third-order valence-corrected chi connectivity index (χ3v) is 3.25. The average Bonchev–Trinajstić information content (AvgIpc) is 2.84. The molecular formula is C13H21NO3. The highest BCUT2D eigenvalue weighted by Crippen LogP contribution is 2.21. The molecule has 0 aromatic rings. The number of allylic oxidation sites excluding steroid dienone is 2. The smallest absolute Gasteiger partial charge is 0.204 e. The van der Waals surface area contributed by atoms with Gasteiger partial charge in [-0.15, -0.1) is 0 Å². The highest BCUT2D eigenvalue weighted by Gasteiger charge is 2.36. The lowest BCUT2D eigenvalue weighted by molar-refractivity contribution is -0.123. The Morgan fingerprint density at radius 3 is 3.12 bits per heavy atom. The van der Waals surface area contributed by atoms with Crippen molar-refractivity contribution in [3.63, 3.8) is 0 Å². The minimum absolute atomic E-state index is 0.0779. The highest BCUT2D eigenvalue weighted by molar-refractivity contribution is 5.96. The van der Waals surface area contributed by atoms with Crippen LogP contribution in [0.25, 0.3) is 0 Å². The van der Waals surface area contributed by atoms with Crippen LogP contribution in [0.15, 0.2) is 11.8 Å². The fourth-order valence-electron chi connectivity index (χ4n) is 2.26. The van der Waals surface area contributed by atoms with Crippen LogP contribution in [0.4, 0.5) is 0 Å². The monoisotopic (exact) mass is 239 g/mol. The van der Waals surface area contributed by atoms with Crippen LogP contribution in [0.1, 0.15) is 26.2 Å². The Morgan fingerprint density at radius 2 is 2.41 bits per heavy atom. The first kappa shape index (κ1) is 12.6. The van der Waals surface area contributed by atoms with Gasteiger partial charge in [0.1, 0.15) is 0 Å². The molecule has 1 N–H and O–H groups in total. The van der Waals surface area contributed by atoms with E-state index in [0.717, 1.165) is 25.8 Å². The van der Waals surface area contributed by atoms with Crippen molar-refractivity contribution >= 4 is 5.78 Å². The maximum absolute atomic E-state index is 12.3. The first-order valence-electron chi connectivity index (χ1n) is 6.51. The third kappa shape index (κ3) is 3.07. The molecule has 0 radical (unpaired) electrons. The molecule has 96 valence electrons. The number of ether oxygens (including phenoxy) is 2. The van der Waals surface area contributed by atoms with E-state index in [1.165, 1.54) is 0 Å². The molecule has 0 aliphatic carbocycles. The van der Waals surface area contributed by atoms with Crippen molar-refractivity contribution in [1.29, 1.82) is 0 Å². The number of carbonyl (C=O) groups is 1. The quantitative estimate of drug-likeness (QED) is 0.784. The van der Waals surface area contributed by atoms with Crippen LogP contribution in [-0.4, -0.2) is 38.2 Å². The second-order valence-corrected chi connectivity index (χ2v) is 4.63. The summed E-state index contributed by atoms with van der Waals surface area (Å²) in [7, 11) is 0. The summed E-state index contributed by atoms with van der Waals surface area (Å²) in [5, 5.41) is 3.37. The molecule has 2 heterocycles. The fourth-order valence-corrected chi connectivity index (χ4v) is 2.26. The molecule has 0 aromatic heterocycles. The molecule has 0 bridgehead atoms. The predicted octanol–water partition coefficient (Wildman–Crippen LogP) is 1.26. The van der Waals surface area contributed by atoms with Crippen molar-refractivity contribution in [2.24, 2.45) is 5.92 Å². The zero-order valence-corrected chi connectivity index (χ0v) is 10.4. The molecule has 4 heteroatoms. The molecule has 1 fully saturated rings. The second kappa shape index (κ2) is 6.17. The van der Waals surface area contributed by atoms with E-state index in [1.54, 1.807) is 0 Å². The van der Waals surface area contributed by atoms with Gasteiger partial charge in [-0.1, -0.05) is 6.92 Å². The summed E-state index contributed by atoms with van der Waals surface area (Å²) >= 11 is 0. The SMILES string of the molecule is CCCNC1COCC1C(=O)C1=CCCCO1. The van der Waals surface area contributed by atoms with Gasteiger partial charge in [-0.25, -0.2) is 0 Å². The Kier molecular flexibility index (Phi) is 4.57. The number of ketones is 1. The van der Waals surface area contributed by atoms with E-state index in [0.29, 0.717) is 25.6 Å². The van der Waals surface area contributed by atoms with E-state index >= 15 is 0 Å². The Bertz CT molecular complexity index is 301. The van der Waals surface area contributed by atoms with Gasteiger partial charge >= 0.3 is 0 Å². The van der Waals surface area contributed by atoms with Crippen molar-refractivity contribution in [3.05, 3.63) is 11.8 Å². The van der Waals surface area contributed by atoms with Crippen LogP contribution >= 0.6 is 0 Å². The van der Waals surface area contributed by atoms with Gasteiger partial charge in [0, 0.05) is 6.04 Å². The summed E-state index contributed by atoms with van der Waals surface area (Å²) in [6, 6.07) is 0.147. The number of Topliss-reactive ketones (excluding diaryl/α,β-unsaturated/α-hetero) is 1. The molecule has 1 saturated heterocycles. The van der Waals surface area contributed by atoms with Gasteiger partial charge in [0.05, 0.1) is 25.7 Å². The maximum Gasteiger partial charge on any atom is 0.204 e. The lowest BCUT2D eigenvalue weighted by atomic mass is 9.96. The van der Waals surface area contributed by atoms with Crippen molar-refractivity contribution in [1.82, 2.24) is 5.32 Å². The number of hydrogen-bond donors (Lipinski definition) is 1. The van der Waals surface area contributed by atoms with Gasteiger partial charge in [-0.3, -0.25) is 4.79 Å². The molecule has 2 aliphatic rings. The highest BCUT2D eigenvalue weighted by atomic mass is 16.5. The summed E-state index contributed by atoms with van der Waals surface area (Å²) in [5.41, 5.74) is 0. The van der Waals surface area contributed by atoms with Crippen molar-refractivity contribution in [3.8, 4) is 0 Å². The summed E-state index contributed by atoms with van der Waals surface area (Å²) < 4.78 is 10.8. The molecule has 0 spiro atoms. The summed E-state index contributed by atoms with van der Waals surface area (Å²) in [6.07, 6.45) is 4.94. The lowest BCUT2D eigenvalue weighted by Crippen LogP contribution is -2.40. The molecule has 0 amide bonds. The van der Waals surface area contributed by atoms with E-state index in [2.05, 4.69) is 12.2 Å². The zero-order valence-electron chi connectivity index (χ0n) is 10.4. The summed E-state index contributed by atoms with van der Waals surface area (Å²) in [6.45, 7) is 4.85. The molecule has 0 aromatic carbocycles. The largest absolute Gasteiger partial charge is 0.490 e. The minimum atomic E-state index is -0.0779. The Labute approximate surface area is 102 Å². The molecular weight excluding hydrogens is 218 g/mol. The predicted molar refractivity (Wildman–Crippen MR) is 64.7 cm³/mol. The van der Waals surface area contributed by atoms with E-state index < -0.39 is 0 Å². The van der Waals surface area contributed by atoms with Gasteiger partial charge in [0.2, 0.25) is 5.78 Å². The maximum atomic E-state index is 12.3. The molecule has 0 saturated carbocycles. The fraction of sp³-hybridized carbons (Fsp3) is 0.769. The average molecular weight is 239 g/mol. The van der Waals surface area contributed by atoms with E-state index in [4.69, 9.17) is 9.47 Å². The van der Waals surface area contributed by atoms with Gasteiger partial charge in [0.15, 0.2) is 5.76 Å². The Morgan fingerprint density at radius 1 is 1.53 bits per heavy atom. The third-order valence-electron chi connectivity index (χ3n) is 3.25. The molecule has 17 heavy (non-hydrogen) atoms. The summed E-state index contributed by atoms with van der Waals surface area (Å²) in [4.78, 5) is 12.3. The lowest BCUT2D eigenvalue weighted by Gasteiger charge is -2.21. The van der Waals surface area contributed by atoms with Crippen LogP contribution in [0.3, 0.4) is 0 Å². The number of hydrogen-bond acceptors (Lipinski definition) is 4. The van der Waals surface area contributed by atoms with Gasteiger partial charge in [-0.2, -0.15) is 0 Å². The number of nitrogens with one attached hydrogen (secondary N) is 1. The standard InChI is InChI=1S/C13H21NO3/c1-2-6-14-11-9-16-8-10(11)13(15)12-5-3-4-7-17-12/h5,10-11,14H,2-4,6-9H2,1H3. The normalized spacial score (nSPS) is 28.6. The number of carbonyl (C=O) groups excluding carboxylic acids is 1. The molecule has 2 atom stereocenters. The van der Waals surface area contributed by atoms with Crippen LogP contribution in [0.2, 0.25) is 0 Å². The van der Waals surface area contributed by atoms with Gasteiger partial charge in [-0.05, 0) is 31.9 Å². The van der Waals surface area contributed by atoms with Crippen LogP contribution in [0.5, 0.6) is 0 Å². The van der Waals surface area contributed by atoms with Crippen molar-refractivity contribution < 1.29 is 14.3 Å². The Hall–Kier alpha value is -0.870. The number of rotatable bonds is 5. The Balaban J connectivity index is 1.95. The minimum Gasteiger partial charge on any atom is -0.490 e. The molecule has 2 aliphatic heterocycles. The van der Waals surface area contributed by atoms with Gasteiger partial charge < -0.3 is 14.8 Å². The summed E-state index contributed by atoms with van der Waals surface area (Å²) in [5.74, 6) is 0.580. The second-order valence-electron chi connectivity index (χ2n) is 4.63. The first-order valence-corrected chi connectivity index (χ1v) is 6.51. The topological polar surface area (TPSA) is 47.6 Å². The van der Waals surface area contributed by atoms with E-state index in [-0.39, 0.29) is 17.7 Å². The van der Waals surface area contributed by atoms with Crippen LogP contribution in [0, 0.1) is 5.92 Å². The van der Waals surface area contributed by atoms with E-state index in [1.807, 2.05) is 6.08 Å². The first-order chi connectivity index (χ1) is 8.33. The van der Waals surface area contributed by atoms with Crippen LogP contribution in [-0.2, 0) is 14.3 Å². The molecule has 2 unspecified atom stereocenters. The molecule has 4 nitrogen and oxygen atoms in total.